The lowest BCUT2D eigenvalue weighted by atomic mass is 9.97. The maximum atomic E-state index is 13.3. The van der Waals surface area contributed by atoms with E-state index in [4.69, 9.17) is 0 Å². The molecule has 2 aromatic carbocycles. The van der Waals surface area contributed by atoms with Gasteiger partial charge in [0, 0.05) is 30.8 Å². The molecule has 0 saturated carbocycles. The van der Waals surface area contributed by atoms with Crippen molar-refractivity contribution in [2.75, 3.05) is 18.4 Å². The van der Waals surface area contributed by atoms with Gasteiger partial charge < -0.3 is 10.3 Å². The number of imidazole rings is 1. The van der Waals surface area contributed by atoms with Crippen LogP contribution in [0.3, 0.4) is 0 Å². The molecular weight excluding hydrogens is 450 g/mol. The molecule has 1 fully saturated rings. The van der Waals surface area contributed by atoms with Crippen molar-refractivity contribution in [1.29, 1.82) is 0 Å². The molecule has 5 rings (SSSR count). The minimum absolute atomic E-state index is 0.124. The Morgan fingerprint density at radius 3 is 2.53 bits per heavy atom. The highest BCUT2D eigenvalue weighted by Crippen LogP contribution is 2.27. The van der Waals surface area contributed by atoms with Crippen LogP contribution in [0.4, 0.5) is 5.82 Å². The number of aromatic amines is 1. The molecule has 4 aromatic rings. The molecular formula is C25H25N5O3S. The van der Waals surface area contributed by atoms with E-state index in [0.29, 0.717) is 35.5 Å². The van der Waals surface area contributed by atoms with Crippen LogP contribution in [0.15, 0.2) is 71.8 Å². The Hall–Kier alpha value is -3.56. The summed E-state index contributed by atoms with van der Waals surface area (Å²) in [4.78, 5) is 24.8. The van der Waals surface area contributed by atoms with Crippen molar-refractivity contribution >= 4 is 32.8 Å². The topological polar surface area (TPSA) is 108 Å². The Bertz CT molecular complexity index is 1420. The zero-order valence-electron chi connectivity index (χ0n) is 18.7. The first kappa shape index (κ1) is 22.2. The summed E-state index contributed by atoms with van der Waals surface area (Å²) in [5.41, 5.74) is 3.32. The number of rotatable bonds is 5. The fraction of sp³-hybridized carbons (Fsp3) is 0.240. The van der Waals surface area contributed by atoms with Gasteiger partial charge in [-0.25, -0.2) is 18.4 Å². The summed E-state index contributed by atoms with van der Waals surface area (Å²) < 4.78 is 28.0. The third-order valence-electron chi connectivity index (χ3n) is 6.13. The number of nitrogens with one attached hydrogen (secondary N) is 2. The van der Waals surface area contributed by atoms with E-state index in [2.05, 4.69) is 20.3 Å². The molecule has 174 valence electrons. The molecule has 34 heavy (non-hydrogen) atoms. The third kappa shape index (κ3) is 4.44. The van der Waals surface area contributed by atoms with Gasteiger partial charge in [-0.3, -0.25) is 4.79 Å². The third-order valence-corrected chi connectivity index (χ3v) is 8.02. The number of hydrogen-bond acceptors (Lipinski definition) is 5. The van der Waals surface area contributed by atoms with Crippen molar-refractivity contribution in [3.05, 3.63) is 72.4 Å². The number of anilines is 1. The van der Waals surface area contributed by atoms with E-state index in [-0.39, 0.29) is 29.8 Å². The maximum absolute atomic E-state index is 13.3. The zero-order valence-corrected chi connectivity index (χ0v) is 19.5. The first-order chi connectivity index (χ1) is 16.4. The summed E-state index contributed by atoms with van der Waals surface area (Å²) in [6.45, 7) is 2.51. The lowest BCUT2D eigenvalue weighted by Crippen LogP contribution is -2.41. The molecule has 0 aliphatic carbocycles. The number of carbonyl (C=O) groups is 1. The zero-order chi connectivity index (χ0) is 23.7. The van der Waals surface area contributed by atoms with Gasteiger partial charge in [-0.1, -0.05) is 36.4 Å². The molecule has 3 heterocycles. The van der Waals surface area contributed by atoms with Crippen LogP contribution in [0.1, 0.15) is 18.4 Å². The first-order valence-electron chi connectivity index (χ1n) is 11.2. The summed E-state index contributed by atoms with van der Waals surface area (Å²) in [5, 5.41) is 2.83. The van der Waals surface area contributed by atoms with Gasteiger partial charge in [0.05, 0.1) is 15.9 Å². The van der Waals surface area contributed by atoms with E-state index in [1.54, 1.807) is 30.5 Å². The molecule has 2 aromatic heterocycles. The van der Waals surface area contributed by atoms with Gasteiger partial charge in [-0.2, -0.15) is 4.31 Å². The van der Waals surface area contributed by atoms with Crippen LogP contribution in [0.2, 0.25) is 0 Å². The minimum atomic E-state index is -3.68. The normalized spacial score (nSPS) is 15.4. The molecule has 1 amide bonds. The molecule has 0 atom stereocenters. The van der Waals surface area contributed by atoms with Crippen LogP contribution in [0.25, 0.3) is 22.4 Å². The van der Waals surface area contributed by atoms with Gasteiger partial charge in [0.15, 0.2) is 0 Å². The van der Waals surface area contributed by atoms with Crippen LogP contribution in [-0.2, 0) is 14.8 Å². The van der Waals surface area contributed by atoms with Crippen molar-refractivity contribution in [3.8, 4) is 11.4 Å². The van der Waals surface area contributed by atoms with Crippen LogP contribution in [0.5, 0.6) is 0 Å². The van der Waals surface area contributed by atoms with Crippen LogP contribution in [0, 0.1) is 12.8 Å². The average molecular weight is 476 g/mol. The number of carbonyl (C=O) groups excluding carboxylic acids is 1. The Balaban J connectivity index is 1.28. The van der Waals surface area contributed by atoms with E-state index in [1.165, 1.54) is 4.31 Å². The van der Waals surface area contributed by atoms with E-state index in [9.17, 15) is 13.2 Å². The number of nitrogens with zero attached hydrogens (tertiary/aromatic N) is 3. The molecule has 0 spiro atoms. The summed E-state index contributed by atoms with van der Waals surface area (Å²) in [6.07, 6.45) is 2.62. The van der Waals surface area contributed by atoms with E-state index in [0.717, 1.165) is 11.1 Å². The van der Waals surface area contributed by atoms with Crippen molar-refractivity contribution in [1.82, 2.24) is 19.3 Å². The van der Waals surface area contributed by atoms with Gasteiger partial charge in [-0.05, 0) is 49.6 Å². The Morgan fingerprint density at radius 1 is 1.06 bits per heavy atom. The van der Waals surface area contributed by atoms with Crippen LogP contribution >= 0.6 is 0 Å². The molecule has 9 heteroatoms. The lowest BCUT2D eigenvalue weighted by Gasteiger charge is -2.30. The van der Waals surface area contributed by atoms with Crippen LogP contribution < -0.4 is 5.32 Å². The minimum Gasteiger partial charge on any atom is -0.338 e. The summed E-state index contributed by atoms with van der Waals surface area (Å²) in [7, 11) is -3.68. The van der Waals surface area contributed by atoms with Crippen molar-refractivity contribution < 1.29 is 13.2 Å². The molecule has 8 nitrogen and oxygen atoms in total. The fourth-order valence-electron chi connectivity index (χ4n) is 4.16. The number of pyridine rings is 1. The number of amides is 1. The van der Waals surface area contributed by atoms with Crippen molar-refractivity contribution in [2.45, 2.75) is 24.7 Å². The molecule has 1 saturated heterocycles. The Labute approximate surface area is 198 Å². The second kappa shape index (κ2) is 9.00. The fourth-order valence-corrected chi connectivity index (χ4v) is 5.66. The number of sulfonamides is 1. The van der Waals surface area contributed by atoms with E-state index in [1.807, 2.05) is 43.3 Å². The number of aromatic nitrogens is 3. The average Bonchev–Trinajstić information content (AvgIpc) is 3.30. The number of piperidine rings is 1. The quantitative estimate of drug-likeness (QED) is 0.454. The SMILES string of the molecule is Cc1ccc(NC(=O)C2CCN(S(=O)(=O)c3ccc4nc(-c5ccccc5)[nH]c4c3)CC2)nc1. The van der Waals surface area contributed by atoms with Gasteiger partial charge in [0.2, 0.25) is 15.9 Å². The predicted molar refractivity (Wildman–Crippen MR) is 131 cm³/mol. The summed E-state index contributed by atoms with van der Waals surface area (Å²) in [5.74, 6) is 0.826. The number of benzene rings is 2. The highest BCUT2D eigenvalue weighted by atomic mass is 32.2. The van der Waals surface area contributed by atoms with E-state index >= 15 is 0 Å². The van der Waals surface area contributed by atoms with E-state index < -0.39 is 10.0 Å². The smallest absolute Gasteiger partial charge is 0.243 e. The highest BCUT2D eigenvalue weighted by molar-refractivity contribution is 7.89. The first-order valence-corrected chi connectivity index (χ1v) is 12.6. The van der Waals surface area contributed by atoms with Crippen molar-refractivity contribution in [3.63, 3.8) is 0 Å². The summed E-state index contributed by atoms with van der Waals surface area (Å²) in [6, 6.07) is 18.3. The monoisotopic (exact) mass is 475 g/mol. The molecule has 1 aliphatic heterocycles. The largest absolute Gasteiger partial charge is 0.338 e. The lowest BCUT2D eigenvalue weighted by molar-refractivity contribution is -0.120. The highest BCUT2D eigenvalue weighted by Gasteiger charge is 2.32. The summed E-state index contributed by atoms with van der Waals surface area (Å²) >= 11 is 0. The van der Waals surface area contributed by atoms with Gasteiger partial charge >= 0.3 is 0 Å². The predicted octanol–water partition coefficient (Wildman–Crippen LogP) is 3.97. The Kier molecular flexibility index (Phi) is 5.89. The number of fused-ring (bicyclic) bond motifs is 1. The molecule has 2 N–H and O–H groups in total. The molecule has 0 unspecified atom stereocenters. The van der Waals surface area contributed by atoms with Crippen molar-refractivity contribution in [2.24, 2.45) is 5.92 Å². The second-order valence-corrected chi connectivity index (χ2v) is 10.5. The van der Waals surface area contributed by atoms with Gasteiger partial charge in [-0.15, -0.1) is 0 Å². The Morgan fingerprint density at radius 2 is 1.82 bits per heavy atom. The van der Waals surface area contributed by atoms with Gasteiger partial charge in [0.25, 0.3) is 0 Å². The van der Waals surface area contributed by atoms with Crippen LogP contribution in [-0.4, -0.2) is 46.7 Å². The molecule has 1 aliphatic rings. The molecule has 0 bridgehead atoms. The second-order valence-electron chi connectivity index (χ2n) is 8.52. The maximum Gasteiger partial charge on any atom is 0.243 e. The number of hydrogen-bond donors (Lipinski definition) is 2. The molecule has 0 radical (unpaired) electrons. The number of aryl methyl sites for hydroxylation is 1. The number of H-pyrrole nitrogens is 1. The standard InChI is InChI=1S/C25H25N5O3S/c1-17-7-10-23(26-16-17)29-25(31)19-11-13-30(14-12-19)34(32,33)20-8-9-21-22(15-20)28-24(27-21)18-5-3-2-4-6-18/h2-10,15-16,19H,11-14H2,1H3,(H,27,28)(H,26,29,31). The van der Waals surface area contributed by atoms with Gasteiger partial charge in [0.1, 0.15) is 11.6 Å².